The van der Waals surface area contributed by atoms with Crippen LogP contribution in [0.4, 0.5) is 0 Å². The van der Waals surface area contributed by atoms with Gasteiger partial charge < -0.3 is 20.0 Å². The third-order valence-electron chi connectivity index (χ3n) is 1.65. The summed E-state index contributed by atoms with van der Waals surface area (Å²) in [5, 5.41) is 18.4. The van der Waals surface area contributed by atoms with Crippen molar-refractivity contribution < 1.29 is 33.9 Å². The summed E-state index contributed by atoms with van der Waals surface area (Å²) in [7, 11) is -4.72. The summed E-state index contributed by atoms with van der Waals surface area (Å²) in [6, 6.07) is 0. The van der Waals surface area contributed by atoms with E-state index in [-0.39, 0.29) is 6.42 Å². The molecule has 90 valence electrons. The Balaban J connectivity index is 4.05. The molecule has 0 aliphatic heterocycles. The van der Waals surface area contributed by atoms with E-state index in [0.29, 0.717) is 6.42 Å². The monoisotopic (exact) mass is 242 g/mol. The van der Waals surface area contributed by atoms with Crippen LogP contribution in [0.2, 0.25) is 0 Å². The van der Waals surface area contributed by atoms with Crippen LogP contribution in [0.15, 0.2) is 0 Å². The van der Waals surface area contributed by atoms with E-state index in [4.69, 9.17) is 9.79 Å². The number of carbonyl (C=O) groups is 1. The summed E-state index contributed by atoms with van der Waals surface area (Å²) in [5.74, 6) is -0.959. The summed E-state index contributed by atoms with van der Waals surface area (Å²) in [6.45, 7) is 0.832. The molecule has 0 unspecified atom stereocenters. The van der Waals surface area contributed by atoms with Gasteiger partial charge in [-0.2, -0.15) is 0 Å². The molecule has 0 aromatic carbocycles. The van der Waals surface area contributed by atoms with Gasteiger partial charge in [0.05, 0.1) is 6.10 Å². The molecular weight excluding hydrogens is 227 g/mol. The Morgan fingerprint density at radius 1 is 1.40 bits per heavy atom. The molecule has 0 rings (SSSR count). The molecule has 8 heteroatoms. The first-order valence-corrected chi connectivity index (χ1v) is 5.90. The molecule has 0 aliphatic carbocycles. The zero-order valence-corrected chi connectivity index (χ0v) is 9.13. The molecule has 0 spiro atoms. The smallest absolute Gasteiger partial charge is 0.390 e. The lowest BCUT2D eigenvalue weighted by Gasteiger charge is -2.15. The minimum absolute atomic E-state index is 0.225. The molecule has 0 fully saturated rings. The SMILES string of the molecule is CCC[C@@H](O)[C@H](O)C(=O)COP(=O)(O)O. The van der Waals surface area contributed by atoms with Gasteiger partial charge in [0.1, 0.15) is 12.7 Å². The lowest BCUT2D eigenvalue weighted by atomic mass is 10.1. The number of Topliss-reactive ketones (excluding diaryl/α,β-unsaturated/α-hetero) is 1. The van der Waals surface area contributed by atoms with Crippen molar-refractivity contribution in [2.75, 3.05) is 6.61 Å². The van der Waals surface area contributed by atoms with Crippen molar-refractivity contribution in [1.29, 1.82) is 0 Å². The van der Waals surface area contributed by atoms with E-state index in [1.54, 1.807) is 6.92 Å². The number of rotatable bonds is 7. The van der Waals surface area contributed by atoms with Crippen molar-refractivity contribution in [3.63, 3.8) is 0 Å². The van der Waals surface area contributed by atoms with Crippen LogP contribution in [0.1, 0.15) is 19.8 Å². The Labute approximate surface area is 86.9 Å². The van der Waals surface area contributed by atoms with E-state index in [2.05, 4.69) is 4.52 Å². The van der Waals surface area contributed by atoms with Gasteiger partial charge in [-0.1, -0.05) is 13.3 Å². The molecule has 0 aromatic heterocycles. The van der Waals surface area contributed by atoms with E-state index in [1.807, 2.05) is 0 Å². The van der Waals surface area contributed by atoms with Crippen LogP contribution in [0.5, 0.6) is 0 Å². The fraction of sp³-hybridized carbons (Fsp3) is 0.857. The topological polar surface area (TPSA) is 124 Å². The van der Waals surface area contributed by atoms with Crippen molar-refractivity contribution in [3.05, 3.63) is 0 Å². The number of hydrogen-bond acceptors (Lipinski definition) is 5. The predicted molar refractivity (Wildman–Crippen MR) is 49.9 cm³/mol. The second kappa shape index (κ2) is 6.32. The third-order valence-corrected chi connectivity index (χ3v) is 2.12. The molecular formula is C7H15O7P. The summed E-state index contributed by atoms with van der Waals surface area (Å²) in [4.78, 5) is 27.6. The molecule has 7 nitrogen and oxygen atoms in total. The molecule has 0 aliphatic rings. The highest BCUT2D eigenvalue weighted by Gasteiger charge is 2.26. The van der Waals surface area contributed by atoms with Crippen molar-refractivity contribution in [2.24, 2.45) is 0 Å². The number of aliphatic hydroxyl groups excluding tert-OH is 2. The molecule has 0 saturated heterocycles. The van der Waals surface area contributed by atoms with Gasteiger partial charge in [0, 0.05) is 0 Å². The second-order valence-corrected chi connectivity index (χ2v) is 4.27. The summed E-state index contributed by atoms with van der Waals surface area (Å²) >= 11 is 0. The Morgan fingerprint density at radius 2 is 1.93 bits per heavy atom. The average Bonchev–Trinajstić information content (AvgIpc) is 2.12. The van der Waals surface area contributed by atoms with Crippen LogP contribution in [0, 0.1) is 0 Å². The number of aliphatic hydroxyl groups is 2. The van der Waals surface area contributed by atoms with Gasteiger partial charge in [0.2, 0.25) is 0 Å². The van der Waals surface area contributed by atoms with E-state index in [0.717, 1.165) is 0 Å². The molecule has 0 saturated carbocycles. The minimum Gasteiger partial charge on any atom is -0.390 e. The van der Waals surface area contributed by atoms with Crippen LogP contribution in [0.25, 0.3) is 0 Å². The normalized spacial score (nSPS) is 16.1. The molecule has 4 N–H and O–H groups in total. The lowest BCUT2D eigenvalue weighted by molar-refractivity contribution is -0.135. The average molecular weight is 242 g/mol. The molecule has 0 amide bonds. The number of phosphoric ester groups is 1. The molecule has 0 radical (unpaired) electrons. The Morgan fingerprint density at radius 3 is 2.33 bits per heavy atom. The van der Waals surface area contributed by atoms with E-state index < -0.39 is 32.4 Å². The number of hydrogen-bond donors (Lipinski definition) is 4. The zero-order valence-electron chi connectivity index (χ0n) is 8.24. The zero-order chi connectivity index (χ0) is 12.1. The van der Waals surface area contributed by atoms with Crippen LogP contribution in [-0.2, 0) is 13.9 Å². The quantitative estimate of drug-likeness (QED) is 0.430. The van der Waals surface area contributed by atoms with E-state index >= 15 is 0 Å². The Hall–Kier alpha value is -0.300. The van der Waals surface area contributed by atoms with Gasteiger partial charge in [0.25, 0.3) is 0 Å². The van der Waals surface area contributed by atoms with Crippen LogP contribution < -0.4 is 0 Å². The van der Waals surface area contributed by atoms with Gasteiger partial charge in [-0.05, 0) is 6.42 Å². The van der Waals surface area contributed by atoms with Gasteiger partial charge in [-0.15, -0.1) is 0 Å². The number of phosphoric acid groups is 1. The van der Waals surface area contributed by atoms with Crippen molar-refractivity contribution in [3.8, 4) is 0 Å². The third kappa shape index (κ3) is 6.72. The predicted octanol–water partition coefficient (Wildman–Crippen LogP) is -0.813. The van der Waals surface area contributed by atoms with Gasteiger partial charge in [0.15, 0.2) is 5.78 Å². The van der Waals surface area contributed by atoms with Gasteiger partial charge in [-0.3, -0.25) is 9.32 Å². The van der Waals surface area contributed by atoms with Gasteiger partial charge in [-0.25, -0.2) is 4.57 Å². The largest absolute Gasteiger partial charge is 0.470 e. The fourth-order valence-electron chi connectivity index (χ4n) is 0.901. The van der Waals surface area contributed by atoms with Crippen LogP contribution in [-0.4, -0.2) is 44.6 Å². The molecule has 0 bridgehead atoms. The lowest BCUT2D eigenvalue weighted by Crippen LogP contribution is -2.36. The fourth-order valence-corrected chi connectivity index (χ4v) is 1.20. The van der Waals surface area contributed by atoms with E-state index in [9.17, 15) is 19.6 Å². The maximum Gasteiger partial charge on any atom is 0.470 e. The second-order valence-electron chi connectivity index (χ2n) is 3.03. The maximum absolute atomic E-state index is 11.0. The highest BCUT2D eigenvalue weighted by molar-refractivity contribution is 7.46. The number of ketones is 1. The van der Waals surface area contributed by atoms with Crippen molar-refractivity contribution in [1.82, 2.24) is 0 Å². The number of carbonyl (C=O) groups excluding carboxylic acids is 1. The summed E-state index contributed by atoms with van der Waals surface area (Å²) < 4.78 is 14.1. The molecule has 2 atom stereocenters. The minimum atomic E-state index is -4.72. The first kappa shape index (κ1) is 14.7. The first-order chi connectivity index (χ1) is 6.78. The standard InChI is InChI=1S/C7H15O7P/c1-2-3-5(8)7(10)6(9)4-14-15(11,12)13/h5,7-8,10H,2-4H2,1H3,(H2,11,12,13)/t5-,7+/m1/s1. The Bertz CT molecular complexity index is 248. The highest BCUT2D eigenvalue weighted by atomic mass is 31.2. The van der Waals surface area contributed by atoms with Crippen LogP contribution >= 0.6 is 7.82 Å². The summed E-state index contributed by atoms with van der Waals surface area (Å²) in [6.07, 6.45) is -2.10. The highest BCUT2D eigenvalue weighted by Crippen LogP contribution is 2.35. The first-order valence-electron chi connectivity index (χ1n) is 4.37. The Kier molecular flexibility index (Phi) is 6.19. The summed E-state index contributed by atoms with van der Waals surface area (Å²) in [5.41, 5.74) is 0. The maximum atomic E-state index is 11.0. The van der Waals surface area contributed by atoms with Crippen LogP contribution in [0.3, 0.4) is 0 Å². The van der Waals surface area contributed by atoms with Gasteiger partial charge >= 0.3 is 7.82 Å². The van der Waals surface area contributed by atoms with Crippen molar-refractivity contribution >= 4 is 13.6 Å². The van der Waals surface area contributed by atoms with E-state index in [1.165, 1.54) is 0 Å². The molecule has 0 heterocycles. The molecule has 15 heavy (non-hydrogen) atoms. The molecule has 0 aromatic rings. The van der Waals surface area contributed by atoms with Crippen molar-refractivity contribution in [2.45, 2.75) is 32.0 Å².